The Kier molecular flexibility index (Phi) is 5.31. The van der Waals surface area contributed by atoms with Gasteiger partial charge in [-0.15, -0.1) is 0 Å². The first kappa shape index (κ1) is 18.0. The van der Waals surface area contributed by atoms with Crippen LogP contribution in [0.4, 0.5) is 24.8 Å². The summed E-state index contributed by atoms with van der Waals surface area (Å²) in [5.74, 6) is -0.273. The lowest BCUT2D eigenvalue weighted by Gasteiger charge is -2.24. The molecule has 0 radical (unpaired) electrons. The van der Waals surface area contributed by atoms with Crippen molar-refractivity contribution in [2.24, 2.45) is 0 Å². The Bertz CT molecular complexity index is 702. The van der Waals surface area contributed by atoms with E-state index in [-0.39, 0.29) is 5.95 Å². The molecule has 130 valence electrons. The minimum Gasteiger partial charge on any atom is -0.474 e. The molecule has 7 heteroatoms. The molecule has 0 saturated carbocycles. The molecule has 24 heavy (non-hydrogen) atoms. The van der Waals surface area contributed by atoms with Gasteiger partial charge in [0.15, 0.2) is 0 Å². The number of ether oxygens (including phenoxy) is 1. The predicted molar refractivity (Wildman–Crippen MR) is 86.7 cm³/mol. The number of anilines is 2. The number of aryl methyl sites for hydroxylation is 1. The standard InChI is InChI=1S/C17H20F3N3O/c1-5-23(14-9-7-6-8-12(14)4)16-21-10-13(17(18,19)20)15(22-16)24-11(2)3/h6-11H,5H2,1-4H3. The fourth-order valence-electron chi connectivity index (χ4n) is 2.28. The molecule has 4 nitrogen and oxygen atoms in total. The lowest BCUT2D eigenvalue weighted by molar-refractivity contribution is -0.139. The molecule has 2 aromatic rings. The lowest BCUT2D eigenvalue weighted by Crippen LogP contribution is -2.22. The summed E-state index contributed by atoms with van der Waals surface area (Å²) in [6.45, 7) is 7.63. The van der Waals surface area contributed by atoms with Crippen LogP contribution in [0.1, 0.15) is 31.9 Å². The van der Waals surface area contributed by atoms with Gasteiger partial charge in [0.2, 0.25) is 11.8 Å². The van der Waals surface area contributed by atoms with E-state index < -0.39 is 23.7 Å². The van der Waals surface area contributed by atoms with Crippen molar-refractivity contribution in [2.45, 2.75) is 40.0 Å². The van der Waals surface area contributed by atoms with Gasteiger partial charge in [-0.3, -0.25) is 0 Å². The van der Waals surface area contributed by atoms with E-state index in [2.05, 4.69) is 9.97 Å². The van der Waals surface area contributed by atoms with Crippen LogP contribution in [0.15, 0.2) is 30.5 Å². The third-order valence-electron chi connectivity index (χ3n) is 3.36. The molecule has 0 saturated heterocycles. The quantitative estimate of drug-likeness (QED) is 0.788. The number of halogens is 3. The SMILES string of the molecule is CCN(c1ncc(C(F)(F)F)c(OC(C)C)n1)c1ccccc1C. The zero-order valence-corrected chi connectivity index (χ0v) is 14.1. The van der Waals surface area contributed by atoms with Gasteiger partial charge in [-0.25, -0.2) is 4.98 Å². The Labute approximate surface area is 139 Å². The Morgan fingerprint density at radius 1 is 1.21 bits per heavy atom. The molecule has 0 spiro atoms. The minimum absolute atomic E-state index is 0.176. The maximum absolute atomic E-state index is 13.1. The molecule has 1 aromatic carbocycles. The van der Waals surface area contributed by atoms with Crippen LogP contribution in [0.2, 0.25) is 0 Å². The zero-order chi connectivity index (χ0) is 17.9. The van der Waals surface area contributed by atoms with Crippen LogP contribution in [0.25, 0.3) is 0 Å². The van der Waals surface area contributed by atoms with E-state index in [4.69, 9.17) is 4.74 Å². The molecule has 0 bridgehead atoms. The van der Waals surface area contributed by atoms with E-state index in [1.807, 2.05) is 38.1 Å². The van der Waals surface area contributed by atoms with E-state index in [9.17, 15) is 13.2 Å². The maximum Gasteiger partial charge on any atom is 0.423 e. The van der Waals surface area contributed by atoms with Gasteiger partial charge in [0.1, 0.15) is 5.56 Å². The molecule has 0 fully saturated rings. The summed E-state index contributed by atoms with van der Waals surface area (Å²) in [6, 6.07) is 7.56. The van der Waals surface area contributed by atoms with Crippen LogP contribution in [-0.4, -0.2) is 22.6 Å². The molecule has 0 N–H and O–H groups in total. The molecule has 0 unspecified atom stereocenters. The van der Waals surface area contributed by atoms with Crippen LogP contribution >= 0.6 is 0 Å². The van der Waals surface area contributed by atoms with Gasteiger partial charge >= 0.3 is 6.18 Å². The molecule has 0 aliphatic heterocycles. The second-order valence-electron chi connectivity index (χ2n) is 5.58. The molecule has 0 aliphatic rings. The fraction of sp³-hybridized carbons (Fsp3) is 0.412. The lowest BCUT2D eigenvalue weighted by atomic mass is 10.2. The molecule has 0 atom stereocenters. The van der Waals surface area contributed by atoms with Gasteiger partial charge < -0.3 is 9.64 Å². The van der Waals surface area contributed by atoms with Gasteiger partial charge in [0.05, 0.1) is 6.10 Å². The number of hydrogen-bond acceptors (Lipinski definition) is 4. The summed E-state index contributed by atoms with van der Waals surface area (Å²) < 4.78 is 44.7. The zero-order valence-electron chi connectivity index (χ0n) is 14.1. The van der Waals surface area contributed by atoms with Crippen LogP contribution in [0.5, 0.6) is 5.88 Å². The fourth-order valence-corrected chi connectivity index (χ4v) is 2.28. The number of aromatic nitrogens is 2. The monoisotopic (exact) mass is 339 g/mol. The molecule has 1 aromatic heterocycles. The highest BCUT2D eigenvalue weighted by Gasteiger charge is 2.37. The highest BCUT2D eigenvalue weighted by Crippen LogP contribution is 2.36. The van der Waals surface area contributed by atoms with E-state index in [1.54, 1.807) is 18.7 Å². The molecule has 1 heterocycles. The largest absolute Gasteiger partial charge is 0.474 e. The molecule has 0 amide bonds. The van der Waals surface area contributed by atoms with E-state index in [0.717, 1.165) is 17.4 Å². The van der Waals surface area contributed by atoms with Crippen molar-refractivity contribution in [1.29, 1.82) is 0 Å². The molecular weight excluding hydrogens is 319 g/mol. The predicted octanol–water partition coefficient (Wildman–Crippen LogP) is 4.75. The first-order valence-corrected chi connectivity index (χ1v) is 7.68. The molecule has 0 aliphatic carbocycles. The van der Waals surface area contributed by atoms with Crippen LogP contribution in [0, 0.1) is 6.92 Å². The summed E-state index contributed by atoms with van der Waals surface area (Å²) in [7, 11) is 0. The Morgan fingerprint density at radius 2 is 1.88 bits per heavy atom. The van der Waals surface area contributed by atoms with Crippen molar-refractivity contribution >= 4 is 11.6 Å². The normalized spacial score (nSPS) is 11.7. The van der Waals surface area contributed by atoms with Crippen LogP contribution in [0.3, 0.4) is 0 Å². The number of para-hydroxylation sites is 1. The maximum atomic E-state index is 13.1. The van der Waals surface area contributed by atoms with E-state index in [0.29, 0.717) is 6.54 Å². The number of alkyl halides is 3. The topological polar surface area (TPSA) is 38.2 Å². The van der Waals surface area contributed by atoms with Crippen molar-refractivity contribution < 1.29 is 17.9 Å². The van der Waals surface area contributed by atoms with Gasteiger partial charge in [-0.05, 0) is 39.3 Å². The average Bonchev–Trinajstić information content (AvgIpc) is 2.48. The highest BCUT2D eigenvalue weighted by atomic mass is 19.4. The van der Waals surface area contributed by atoms with Crippen LogP contribution < -0.4 is 9.64 Å². The van der Waals surface area contributed by atoms with Crippen molar-refractivity contribution in [1.82, 2.24) is 9.97 Å². The van der Waals surface area contributed by atoms with Gasteiger partial charge in [-0.1, -0.05) is 18.2 Å². The smallest absolute Gasteiger partial charge is 0.423 e. The second kappa shape index (κ2) is 7.07. The average molecular weight is 339 g/mol. The van der Waals surface area contributed by atoms with Gasteiger partial charge in [-0.2, -0.15) is 18.2 Å². The number of hydrogen-bond donors (Lipinski definition) is 0. The molecular formula is C17H20F3N3O. The summed E-state index contributed by atoms with van der Waals surface area (Å²) in [5, 5.41) is 0. The minimum atomic E-state index is -4.57. The Hall–Kier alpha value is -2.31. The number of nitrogens with zero attached hydrogens (tertiary/aromatic N) is 3. The number of benzene rings is 1. The Morgan fingerprint density at radius 3 is 2.42 bits per heavy atom. The second-order valence-corrected chi connectivity index (χ2v) is 5.58. The van der Waals surface area contributed by atoms with E-state index in [1.165, 1.54) is 0 Å². The summed E-state index contributed by atoms with van der Waals surface area (Å²) in [5.41, 5.74) is 0.852. The third-order valence-corrected chi connectivity index (χ3v) is 3.36. The van der Waals surface area contributed by atoms with Gasteiger partial charge in [0.25, 0.3) is 0 Å². The first-order chi connectivity index (χ1) is 11.2. The Balaban J connectivity index is 2.52. The van der Waals surface area contributed by atoms with Gasteiger partial charge in [0, 0.05) is 18.4 Å². The molecule has 2 rings (SSSR count). The number of rotatable bonds is 5. The highest BCUT2D eigenvalue weighted by molar-refractivity contribution is 5.61. The van der Waals surface area contributed by atoms with E-state index >= 15 is 0 Å². The van der Waals surface area contributed by atoms with Crippen LogP contribution in [-0.2, 0) is 6.18 Å². The first-order valence-electron chi connectivity index (χ1n) is 7.68. The summed E-state index contributed by atoms with van der Waals surface area (Å²) >= 11 is 0. The van der Waals surface area contributed by atoms with Crippen molar-refractivity contribution in [3.8, 4) is 5.88 Å². The van der Waals surface area contributed by atoms with Crippen molar-refractivity contribution in [3.05, 3.63) is 41.6 Å². The summed E-state index contributed by atoms with van der Waals surface area (Å²) in [6.07, 6.45) is -4.22. The van der Waals surface area contributed by atoms with Crippen molar-refractivity contribution in [2.75, 3.05) is 11.4 Å². The van der Waals surface area contributed by atoms with Crippen molar-refractivity contribution in [3.63, 3.8) is 0 Å². The third kappa shape index (κ3) is 3.96. The summed E-state index contributed by atoms with van der Waals surface area (Å²) in [4.78, 5) is 9.71.